The first-order valence-electron chi connectivity index (χ1n) is 8.84. The van der Waals surface area contributed by atoms with Gasteiger partial charge in [-0.05, 0) is 69.9 Å². The maximum Gasteiger partial charge on any atom is 0.258 e. The Morgan fingerprint density at radius 3 is 2.23 bits per heavy atom. The molecule has 0 aliphatic rings. The van der Waals surface area contributed by atoms with Crippen LogP contribution in [0.25, 0.3) is 0 Å². The molecule has 0 atom stereocenters. The largest absolute Gasteiger partial charge is 0.351 e. The molecule has 2 amide bonds. The highest BCUT2D eigenvalue weighted by atomic mass is 16.2. The summed E-state index contributed by atoms with van der Waals surface area (Å²) in [7, 11) is 3.92. The molecule has 2 rings (SSSR count). The molecule has 0 fully saturated rings. The molecular formula is C21H27N3O2. The zero-order valence-electron chi connectivity index (χ0n) is 16.0. The number of likely N-dealkylation sites (N-methyl/N-ethyl adjacent to an activating group) is 1. The van der Waals surface area contributed by atoms with Crippen molar-refractivity contribution in [3.8, 4) is 0 Å². The molecule has 0 radical (unpaired) electrons. The van der Waals surface area contributed by atoms with Crippen molar-refractivity contribution in [2.24, 2.45) is 0 Å². The van der Waals surface area contributed by atoms with Crippen molar-refractivity contribution in [1.82, 2.24) is 10.2 Å². The number of rotatable bonds is 7. The van der Waals surface area contributed by atoms with Crippen molar-refractivity contribution in [1.29, 1.82) is 0 Å². The van der Waals surface area contributed by atoms with Crippen LogP contribution in [0.15, 0.2) is 48.5 Å². The van der Waals surface area contributed by atoms with Gasteiger partial charge >= 0.3 is 0 Å². The van der Waals surface area contributed by atoms with E-state index in [-0.39, 0.29) is 11.8 Å². The fraction of sp³-hybridized carbons (Fsp3) is 0.333. The first-order valence-corrected chi connectivity index (χ1v) is 8.84. The van der Waals surface area contributed by atoms with E-state index in [1.165, 1.54) is 0 Å². The second-order valence-electron chi connectivity index (χ2n) is 6.52. The van der Waals surface area contributed by atoms with Gasteiger partial charge in [-0.1, -0.05) is 12.1 Å². The van der Waals surface area contributed by atoms with E-state index in [4.69, 9.17) is 0 Å². The lowest BCUT2D eigenvalue weighted by Gasteiger charge is -2.21. The number of aryl methyl sites for hydroxylation is 1. The monoisotopic (exact) mass is 353 g/mol. The number of hydrogen-bond acceptors (Lipinski definition) is 3. The number of carbonyl (C=O) groups excluding carboxylic acids is 2. The minimum absolute atomic E-state index is 0.0716. The van der Waals surface area contributed by atoms with Crippen LogP contribution in [0.1, 0.15) is 33.2 Å². The van der Waals surface area contributed by atoms with Gasteiger partial charge in [-0.2, -0.15) is 0 Å². The van der Waals surface area contributed by atoms with Crippen molar-refractivity contribution < 1.29 is 9.59 Å². The predicted octanol–water partition coefficient (Wildman–Crippen LogP) is 2.95. The van der Waals surface area contributed by atoms with Gasteiger partial charge in [0.15, 0.2) is 0 Å². The molecule has 2 aromatic rings. The highest BCUT2D eigenvalue weighted by Gasteiger charge is 2.16. The van der Waals surface area contributed by atoms with E-state index >= 15 is 0 Å². The molecule has 0 spiro atoms. The standard InChI is InChI=1S/C21H27N3O2/c1-5-24(19-8-6-7-16(2)15-19)21(26)18-11-9-17(10-12-18)20(25)22-13-14-23(3)4/h6-12,15H,5,13-14H2,1-4H3,(H,22,25). The van der Waals surface area contributed by atoms with E-state index in [1.54, 1.807) is 29.2 Å². The Balaban J connectivity index is 2.08. The fourth-order valence-electron chi connectivity index (χ4n) is 2.65. The number of anilines is 1. The van der Waals surface area contributed by atoms with Crippen LogP contribution in [0, 0.1) is 6.92 Å². The van der Waals surface area contributed by atoms with Gasteiger partial charge in [0.2, 0.25) is 0 Å². The van der Waals surface area contributed by atoms with E-state index in [0.717, 1.165) is 17.8 Å². The second-order valence-corrected chi connectivity index (χ2v) is 6.52. The summed E-state index contributed by atoms with van der Waals surface area (Å²) in [6.07, 6.45) is 0. The molecule has 26 heavy (non-hydrogen) atoms. The number of nitrogens with one attached hydrogen (secondary N) is 1. The minimum atomic E-state index is -0.128. The first kappa shape index (κ1) is 19.7. The van der Waals surface area contributed by atoms with Crippen LogP contribution < -0.4 is 10.2 Å². The lowest BCUT2D eigenvalue weighted by atomic mass is 10.1. The third-order valence-corrected chi connectivity index (χ3v) is 4.11. The van der Waals surface area contributed by atoms with Crippen molar-refractivity contribution in [3.05, 3.63) is 65.2 Å². The van der Waals surface area contributed by atoms with Crippen LogP contribution in [0.2, 0.25) is 0 Å². The molecule has 5 nitrogen and oxygen atoms in total. The summed E-state index contributed by atoms with van der Waals surface area (Å²) < 4.78 is 0. The van der Waals surface area contributed by atoms with Crippen molar-refractivity contribution in [2.75, 3.05) is 38.6 Å². The molecule has 0 bridgehead atoms. The number of nitrogens with zero attached hydrogens (tertiary/aromatic N) is 2. The topological polar surface area (TPSA) is 52.7 Å². The van der Waals surface area contributed by atoms with Crippen LogP contribution >= 0.6 is 0 Å². The molecule has 0 saturated carbocycles. The maximum atomic E-state index is 12.8. The Hall–Kier alpha value is -2.66. The third kappa shape index (κ3) is 5.17. The number of benzene rings is 2. The Bertz CT molecular complexity index is 754. The highest BCUT2D eigenvalue weighted by molar-refractivity contribution is 6.06. The molecule has 1 N–H and O–H groups in total. The Labute approximate surface area is 155 Å². The lowest BCUT2D eigenvalue weighted by Crippen LogP contribution is -2.32. The number of amides is 2. The quantitative estimate of drug-likeness (QED) is 0.833. The molecule has 2 aromatic carbocycles. The summed E-state index contributed by atoms with van der Waals surface area (Å²) in [6.45, 7) is 5.90. The van der Waals surface area contributed by atoms with Gasteiger partial charge in [-0.15, -0.1) is 0 Å². The average molecular weight is 353 g/mol. The summed E-state index contributed by atoms with van der Waals surface area (Å²) in [5.41, 5.74) is 3.11. The molecule has 138 valence electrons. The Morgan fingerprint density at radius 2 is 1.65 bits per heavy atom. The van der Waals surface area contributed by atoms with Gasteiger partial charge < -0.3 is 15.1 Å². The van der Waals surface area contributed by atoms with E-state index in [9.17, 15) is 9.59 Å². The Kier molecular flexibility index (Phi) is 6.92. The summed E-state index contributed by atoms with van der Waals surface area (Å²) in [5, 5.41) is 2.87. The van der Waals surface area contributed by atoms with Gasteiger partial charge in [0, 0.05) is 36.4 Å². The van der Waals surface area contributed by atoms with Crippen LogP contribution in [0.4, 0.5) is 5.69 Å². The summed E-state index contributed by atoms with van der Waals surface area (Å²) >= 11 is 0. The summed E-state index contributed by atoms with van der Waals surface area (Å²) in [4.78, 5) is 28.7. The Morgan fingerprint density at radius 1 is 1.00 bits per heavy atom. The molecule has 0 saturated heterocycles. The summed E-state index contributed by atoms with van der Waals surface area (Å²) in [5.74, 6) is -0.199. The van der Waals surface area contributed by atoms with Crippen LogP contribution in [0.3, 0.4) is 0 Å². The fourth-order valence-corrected chi connectivity index (χ4v) is 2.65. The van der Waals surface area contributed by atoms with Crippen molar-refractivity contribution in [2.45, 2.75) is 13.8 Å². The normalized spacial score (nSPS) is 10.7. The third-order valence-electron chi connectivity index (χ3n) is 4.11. The average Bonchev–Trinajstić information content (AvgIpc) is 2.62. The molecule has 0 aliphatic carbocycles. The minimum Gasteiger partial charge on any atom is -0.351 e. The molecular weight excluding hydrogens is 326 g/mol. The maximum absolute atomic E-state index is 12.8. The van der Waals surface area contributed by atoms with Crippen molar-refractivity contribution in [3.63, 3.8) is 0 Å². The second kappa shape index (κ2) is 9.15. The SMILES string of the molecule is CCN(C(=O)c1ccc(C(=O)NCCN(C)C)cc1)c1cccc(C)c1. The van der Waals surface area contributed by atoms with Crippen molar-refractivity contribution >= 4 is 17.5 Å². The number of hydrogen-bond donors (Lipinski definition) is 1. The molecule has 0 aliphatic heterocycles. The lowest BCUT2D eigenvalue weighted by molar-refractivity contribution is 0.0947. The van der Waals surface area contributed by atoms with E-state index in [0.29, 0.717) is 24.2 Å². The first-order chi connectivity index (χ1) is 12.4. The molecule has 0 aromatic heterocycles. The highest BCUT2D eigenvalue weighted by Crippen LogP contribution is 2.19. The predicted molar refractivity (Wildman–Crippen MR) is 106 cm³/mol. The van der Waals surface area contributed by atoms with E-state index in [2.05, 4.69) is 5.32 Å². The smallest absolute Gasteiger partial charge is 0.258 e. The van der Waals surface area contributed by atoms with Crippen LogP contribution in [-0.4, -0.2) is 50.4 Å². The molecule has 5 heteroatoms. The van der Waals surface area contributed by atoms with Gasteiger partial charge in [0.1, 0.15) is 0 Å². The summed E-state index contributed by atoms with van der Waals surface area (Å²) in [6, 6.07) is 14.7. The van der Waals surface area contributed by atoms with E-state index < -0.39 is 0 Å². The van der Waals surface area contributed by atoms with E-state index in [1.807, 2.05) is 57.1 Å². The zero-order valence-corrected chi connectivity index (χ0v) is 16.0. The van der Waals surface area contributed by atoms with Gasteiger partial charge in [0.05, 0.1) is 0 Å². The molecule has 0 unspecified atom stereocenters. The van der Waals surface area contributed by atoms with Gasteiger partial charge in [-0.25, -0.2) is 0 Å². The zero-order chi connectivity index (χ0) is 19.1. The molecule has 0 heterocycles. The van der Waals surface area contributed by atoms with Crippen LogP contribution in [0.5, 0.6) is 0 Å². The van der Waals surface area contributed by atoms with Gasteiger partial charge in [-0.3, -0.25) is 9.59 Å². The van der Waals surface area contributed by atoms with Gasteiger partial charge in [0.25, 0.3) is 11.8 Å². The van der Waals surface area contributed by atoms with Crippen LogP contribution in [-0.2, 0) is 0 Å². The number of carbonyl (C=O) groups is 2.